The van der Waals surface area contributed by atoms with Crippen LogP contribution in [0.15, 0.2) is 0 Å². The van der Waals surface area contributed by atoms with E-state index in [1.54, 1.807) is 0 Å². The molecule has 0 aromatic rings. The zero-order valence-electron chi connectivity index (χ0n) is 17.9. The summed E-state index contributed by atoms with van der Waals surface area (Å²) in [6.45, 7) is 4.13. The number of hydrogen-bond acceptors (Lipinski definition) is 3. The van der Waals surface area contributed by atoms with E-state index in [4.69, 9.17) is 0 Å². The fourth-order valence-electron chi connectivity index (χ4n) is 3.66. The minimum Gasteiger partial charge on any atom is -0.393 e. The molecular weight excluding hydrogens is 324 g/mol. The molecule has 0 amide bonds. The first-order chi connectivity index (χ1) is 12.6. The third-order valence-corrected chi connectivity index (χ3v) is 5.69. The molecule has 158 valence electrons. The summed E-state index contributed by atoms with van der Waals surface area (Å²) in [6, 6.07) is 0. The van der Waals surface area contributed by atoms with Gasteiger partial charge >= 0.3 is 0 Å². The molecule has 0 saturated heterocycles. The Labute approximate surface area is 163 Å². The fourth-order valence-corrected chi connectivity index (χ4v) is 3.66. The third kappa shape index (κ3) is 14.0. The molecule has 0 aliphatic rings. The molecule has 26 heavy (non-hydrogen) atoms. The zero-order valence-corrected chi connectivity index (χ0v) is 17.9. The van der Waals surface area contributed by atoms with Gasteiger partial charge in [-0.05, 0) is 12.8 Å². The predicted molar refractivity (Wildman–Crippen MR) is 112 cm³/mol. The highest BCUT2D eigenvalue weighted by Crippen LogP contribution is 2.24. The standard InChI is InChI=1S/C23H48O3/c1-3-5-7-9-11-13-15-17-19-22(25)23(26,21-24)20-18-16-14-12-10-8-6-4-2/h22,24-26H,3-21H2,1-2H3. The van der Waals surface area contributed by atoms with E-state index in [0.717, 1.165) is 25.7 Å². The summed E-state index contributed by atoms with van der Waals surface area (Å²) in [4.78, 5) is 0. The van der Waals surface area contributed by atoms with Crippen molar-refractivity contribution in [3.63, 3.8) is 0 Å². The average Bonchev–Trinajstić information content (AvgIpc) is 2.65. The quantitative estimate of drug-likeness (QED) is 0.225. The largest absolute Gasteiger partial charge is 0.393 e. The molecule has 3 N–H and O–H groups in total. The lowest BCUT2D eigenvalue weighted by molar-refractivity contribution is -0.114. The van der Waals surface area contributed by atoms with E-state index in [2.05, 4.69) is 13.8 Å². The van der Waals surface area contributed by atoms with Crippen molar-refractivity contribution in [3.05, 3.63) is 0 Å². The normalized spacial score (nSPS) is 15.1. The van der Waals surface area contributed by atoms with Crippen molar-refractivity contribution >= 4 is 0 Å². The molecule has 0 fully saturated rings. The smallest absolute Gasteiger partial charge is 0.113 e. The van der Waals surface area contributed by atoms with Gasteiger partial charge in [0.15, 0.2) is 0 Å². The van der Waals surface area contributed by atoms with E-state index < -0.39 is 11.7 Å². The van der Waals surface area contributed by atoms with Crippen molar-refractivity contribution in [2.24, 2.45) is 0 Å². The van der Waals surface area contributed by atoms with Gasteiger partial charge in [-0.1, -0.05) is 117 Å². The summed E-state index contributed by atoms with van der Waals surface area (Å²) in [5.74, 6) is 0. The van der Waals surface area contributed by atoms with E-state index in [9.17, 15) is 15.3 Å². The van der Waals surface area contributed by atoms with Crippen molar-refractivity contribution in [2.45, 2.75) is 141 Å². The molecule has 0 bridgehead atoms. The first-order valence-corrected chi connectivity index (χ1v) is 11.6. The Morgan fingerprint density at radius 3 is 1.42 bits per heavy atom. The Morgan fingerprint density at radius 2 is 1.00 bits per heavy atom. The van der Waals surface area contributed by atoms with Gasteiger partial charge < -0.3 is 15.3 Å². The van der Waals surface area contributed by atoms with E-state index in [1.165, 1.54) is 77.0 Å². The Kier molecular flexibility index (Phi) is 18.2. The second-order valence-corrected chi connectivity index (χ2v) is 8.27. The van der Waals surface area contributed by atoms with Crippen LogP contribution in [-0.4, -0.2) is 33.6 Å². The maximum Gasteiger partial charge on any atom is 0.113 e. The second kappa shape index (κ2) is 18.3. The molecule has 3 nitrogen and oxygen atoms in total. The maximum absolute atomic E-state index is 10.6. The van der Waals surface area contributed by atoms with Crippen LogP contribution in [0.4, 0.5) is 0 Å². The second-order valence-electron chi connectivity index (χ2n) is 8.27. The number of aliphatic hydroxyl groups is 3. The molecule has 0 aromatic heterocycles. The van der Waals surface area contributed by atoms with Gasteiger partial charge in [0.25, 0.3) is 0 Å². The van der Waals surface area contributed by atoms with Gasteiger partial charge in [0.2, 0.25) is 0 Å². The van der Waals surface area contributed by atoms with Crippen LogP contribution in [0.1, 0.15) is 129 Å². The van der Waals surface area contributed by atoms with Crippen LogP contribution in [-0.2, 0) is 0 Å². The van der Waals surface area contributed by atoms with Gasteiger partial charge in [-0.15, -0.1) is 0 Å². The predicted octanol–water partition coefficient (Wildman–Crippen LogP) is 6.13. The minimum atomic E-state index is -1.30. The Balaban J connectivity index is 3.72. The minimum absolute atomic E-state index is 0.332. The van der Waals surface area contributed by atoms with Gasteiger partial charge in [-0.25, -0.2) is 0 Å². The molecule has 0 spiro atoms. The highest BCUT2D eigenvalue weighted by Gasteiger charge is 2.33. The molecule has 0 saturated carbocycles. The van der Waals surface area contributed by atoms with E-state index >= 15 is 0 Å². The van der Waals surface area contributed by atoms with Crippen LogP contribution in [0.2, 0.25) is 0 Å². The number of rotatable bonds is 20. The lowest BCUT2D eigenvalue weighted by atomic mass is 9.87. The van der Waals surface area contributed by atoms with Gasteiger partial charge in [-0.3, -0.25) is 0 Å². The number of hydrogen-bond donors (Lipinski definition) is 3. The summed E-state index contributed by atoms with van der Waals surface area (Å²) >= 11 is 0. The van der Waals surface area contributed by atoms with Gasteiger partial charge in [-0.2, -0.15) is 0 Å². The Bertz CT molecular complexity index is 283. The summed E-state index contributed by atoms with van der Waals surface area (Å²) < 4.78 is 0. The van der Waals surface area contributed by atoms with Crippen molar-refractivity contribution < 1.29 is 15.3 Å². The molecule has 0 aliphatic carbocycles. The van der Waals surface area contributed by atoms with E-state index in [0.29, 0.717) is 12.8 Å². The lowest BCUT2D eigenvalue weighted by Crippen LogP contribution is -2.45. The van der Waals surface area contributed by atoms with Gasteiger partial charge in [0.05, 0.1) is 12.7 Å². The van der Waals surface area contributed by atoms with Crippen LogP contribution < -0.4 is 0 Å². The highest BCUT2D eigenvalue weighted by atomic mass is 16.4. The van der Waals surface area contributed by atoms with Crippen LogP contribution in [0.5, 0.6) is 0 Å². The zero-order chi connectivity index (χ0) is 19.5. The fraction of sp³-hybridized carbons (Fsp3) is 1.00. The molecule has 2 unspecified atom stereocenters. The first kappa shape index (κ1) is 25.9. The van der Waals surface area contributed by atoms with Crippen LogP contribution >= 0.6 is 0 Å². The molecule has 0 rings (SSSR count). The molecule has 2 atom stereocenters. The number of aliphatic hydroxyl groups excluding tert-OH is 2. The summed E-state index contributed by atoms with van der Waals surface area (Å²) in [5.41, 5.74) is -1.30. The summed E-state index contributed by atoms with van der Waals surface area (Å²) in [7, 11) is 0. The molecular formula is C23H48O3. The number of unbranched alkanes of at least 4 members (excludes halogenated alkanes) is 14. The average molecular weight is 373 g/mol. The van der Waals surface area contributed by atoms with Crippen LogP contribution in [0.3, 0.4) is 0 Å². The van der Waals surface area contributed by atoms with Crippen molar-refractivity contribution in [1.82, 2.24) is 0 Å². The van der Waals surface area contributed by atoms with Gasteiger partial charge in [0.1, 0.15) is 5.60 Å². The maximum atomic E-state index is 10.6. The SMILES string of the molecule is CCCCCCCCCCC(O)C(O)(CO)CCCCCCCCCC. The molecule has 0 radical (unpaired) electrons. The lowest BCUT2D eigenvalue weighted by Gasteiger charge is -2.31. The summed E-state index contributed by atoms with van der Waals surface area (Å²) in [5, 5.41) is 30.5. The Morgan fingerprint density at radius 1 is 0.615 bits per heavy atom. The molecule has 0 heterocycles. The van der Waals surface area contributed by atoms with Crippen molar-refractivity contribution in [2.75, 3.05) is 6.61 Å². The topological polar surface area (TPSA) is 60.7 Å². The molecule has 0 aromatic carbocycles. The van der Waals surface area contributed by atoms with E-state index in [1.807, 2.05) is 0 Å². The highest BCUT2D eigenvalue weighted by molar-refractivity contribution is 4.85. The Hall–Kier alpha value is -0.120. The first-order valence-electron chi connectivity index (χ1n) is 11.6. The van der Waals surface area contributed by atoms with Crippen molar-refractivity contribution in [3.8, 4) is 0 Å². The molecule has 3 heteroatoms. The van der Waals surface area contributed by atoms with Crippen LogP contribution in [0, 0.1) is 0 Å². The summed E-state index contributed by atoms with van der Waals surface area (Å²) in [6.07, 6.45) is 19.8. The van der Waals surface area contributed by atoms with Gasteiger partial charge in [0, 0.05) is 0 Å². The van der Waals surface area contributed by atoms with Crippen molar-refractivity contribution in [1.29, 1.82) is 0 Å². The van der Waals surface area contributed by atoms with Crippen LogP contribution in [0.25, 0.3) is 0 Å². The monoisotopic (exact) mass is 372 g/mol. The third-order valence-electron chi connectivity index (χ3n) is 5.69. The van der Waals surface area contributed by atoms with E-state index in [-0.39, 0.29) is 6.61 Å². The molecule has 0 aliphatic heterocycles.